The lowest BCUT2D eigenvalue weighted by Crippen LogP contribution is -2.41. The largest absolute Gasteiger partial charge is 0.492 e. The van der Waals surface area contributed by atoms with Crippen LogP contribution in [0.3, 0.4) is 0 Å². The number of aromatic amines is 1. The molecule has 2 bridgehead atoms. The number of amides is 1. The van der Waals surface area contributed by atoms with Crippen molar-refractivity contribution < 1.29 is 14.3 Å². The molecule has 1 aliphatic heterocycles. The summed E-state index contributed by atoms with van der Waals surface area (Å²) in [5.41, 5.74) is 7.77. The van der Waals surface area contributed by atoms with Crippen molar-refractivity contribution in [3.8, 4) is 5.75 Å². The number of morpholine rings is 1. The Kier molecular flexibility index (Phi) is 6.16. The molecule has 2 fully saturated rings. The number of allylic oxidation sites excluding steroid dienone is 1. The molecule has 1 saturated heterocycles. The second kappa shape index (κ2) is 9.75. The van der Waals surface area contributed by atoms with Gasteiger partial charge in [0.1, 0.15) is 17.9 Å². The number of aromatic nitrogens is 4. The Balaban J connectivity index is 1.17. The number of imidazole rings is 1. The van der Waals surface area contributed by atoms with Crippen molar-refractivity contribution in [2.75, 3.05) is 50.1 Å². The first-order chi connectivity index (χ1) is 17.6. The van der Waals surface area contributed by atoms with E-state index in [0.29, 0.717) is 29.5 Å². The highest BCUT2D eigenvalue weighted by Crippen LogP contribution is 2.45. The summed E-state index contributed by atoms with van der Waals surface area (Å²) in [6, 6.07) is 7.60. The molecule has 5 N–H and O–H groups in total. The van der Waals surface area contributed by atoms with Gasteiger partial charge in [0.2, 0.25) is 11.9 Å². The van der Waals surface area contributed by atoms with Crippen molar-refractivity contribution in [1.82, 2.24) is 24.8 Å². The molecule has 4 atom stereocenters. The number of carbonyl (C=O) groups is 1. The van der Waals surface area contributed by atoms with Crippen LogP contribution < -0.4 is 21.1 Å². The number of carbonyl (C=O) groups excluding carboxylic acids is 1. The van der Waals surface area contributed by atoms with Gasteiger partial charge in [-0.2, -0.15) is 9.97 Å². The second-order valence-corrected chi connectivity index (χ2v) is 9.50. The number of primary amides is 1. The van der Waals surface area contributed by atoms with Crippen LogP contribution in [0.15, 0.2) is 42.7 Å². The highest BCUT2D eigenvalue weighted by molar-refractivity contribution is 5.85. The fourth-order valence-corrected chi connectivity index (χ4v) is 5.47. The molecule has 0 unspecified atom stereocenters. The van der Waals surface area contributed by atoms with Crippen molar-refractivity contribution in [2.24, 2.45) is 23.5 Å². The molecule has 11 heteroatoms. The van der Waals surface area contributed by atoms with Gasteiger partial charge in [-0.3, -0.25) is 9.69 Å². The van der Waals surface area contributed by atoms with Crippen LogP contribution in [0.5, 0.6) is 5.75 Å². The highest BCUT2D eigenvalue weighted by Gasteiger charge is 2.47. The molecule has 1 aromatic carbocycles. The third-order valence-corrected chi connectivity index (χ3v) is 7.25. The fourth-order valence-electron chi connectivity index (χ4n) is 5.47. The molecule has 1 amide bonds. The number of fused-ring (bicyclic) bond motifs is 3. The number of rotatable bonds is 9. The summed E-state index contributed by atoms with van der Waals surface area (Å²) >= 11 is 0. The Bertz CT molecular complexity index is 1270. The van der Waals surface area contributed by atoms with Crippen LogP contribution in [0.1, 0.15) is 6.42 Å². The summed E-state index contributed by atoms with van der Waals surface area (Å²) in [4.78, 5) is 31.2. The number of ether oxygens (including phenoxy) is 2. The van der Waals surface area contributed by atoms with Crippen molar-refractivity contribution in [3.63, 3.8) is 0 Å². The molecule has 2 aliphatic carbocycles. The first-order valence-electron chi connectivity index (χ1n) is 12.4. The molecule has 2 aromatic heterocycles. The zero-order valence-electron chi connectivity index (χ0n) is 19.9. The van der Waals surface area contributed by atoms with Crippen molar-refractivity contribution in [1.29, 1.82) is 0 Å². The van der Waals surface area contributed by atoms with E-state index in [1.807, 2.05) is 24.3 Å². The first-order valence-corrected chi connectivity index (χ1v) is 12.4. The molecule has 0 radical (unpaired) electrons. The minimum absolute atomic E-state index is 0.116. The Hall–Kier alpha value is -3.70. The molecule has 0 spiro atoms. The summed E-state index contributed by atoms with van der Waals surface area (Å²) in [6.07, 6.45) is 6.78. The lowest BCUT2D eigenvalue weighted by molar-refractivity contribution is -0.122. The van der Waals surface area contributed by atoms with Gasteiger partial charge in [-0.25, -0.2) is 4.98 Å². The van der Waals surface area contributed by atoms with E-state index in [4.69, 9.17) is 20.2 Å². The van der Waals surface area contributed by atoms with E-state index in [2.05, 4.69) is 42.6 Å². The number of H-pyrrole nitrogens is 1. The fraction of sp³-hybridized carbons (Fsp3) is 0.440. The predicted molar refractivity (Wildman–Crippen MR) is 135 cm³/mol. The standard InChI is InChI=1S/C25H30N8O3/c26-22(34)19-15-4-5-16(12-15)20(19)30-24-21-23(28-14-27-21)31-25(32-24)29-17-2-1-3-18(13-17)36-11-8-33-6-9-35-10-7-33/h1-5,13-16,19-20H,6-12H2,(H2,26,34)(H3,27,28,29,30,31,32)/t15-,16+,19-,20+/m0/s1. The predicted octanol–water partition coefficient (Wildman–Crippen LogP) is 1.90. The van der Waals surface area contributed by atoms with Crippen LogP contribution in [0, 0.1) is 17.8 Å². The smallest absolute Gasteiger partial charge is 0.231 e. The van der Waals surface area contributed by atoms with E-state index < -0.39 is 0 Å². The molecule has 6 rings (SSSR count). The average molecular weight is 491 g/mol. The summed E-state index contributed by atoms with van der Waals surface area (Å²) < 4.78 is 11.4. The number of hydrogen-bond donors (Lipinski definition) is 4. The maximum Gasteiger partial charge on any atom is 0.231 e. The van der Waals surface area contributed by atoms with Crippen molar-refractivity contribution >= 4 is 34.5 Å². The van der Waals surface area contributed by atoms with Crippen LogP contribution in [0.4, 0.5) is 17.5 Å². The number of nitrogens with one attached hydrogen (secondary N) is 3. The average Bonchev–Trinajstić information content (AvgIpc) is 3.62. The monoisotopic (exact) mass is 490 g/mol. The number of hydrogen-bond acceptors (Lipinski definition) is 9. The Morgan fingerprint density at radius 2 is 2.08 bits per heavy atom. The van der Waals surface area contributed by atoms with Gasteiger partial charge < -0.3 is 30.8 Å². The molecule has 3 heterocycles. The van der Waals surface area contributed by atoms with Gasteiger partial charge in [0, 0.05) is 37.4 Å². The van der Waals surface area contributed by atoms with Gasteiger partial charge in [-0.15, -0.1) is 0 Å². The SMILES string of the molecule is NC(=O)[C@@H]1[C@H](Nc2nc(Nc3cccc(OCCN4CCOCC4)c3)nc3nc[nH]c23)[C@@H]2C=C[C@H]1C2. The summed E-state index contributed by atoms with van der Waals surface area (Å²) in [7, 11) is 0. The summed E-state index contributed by atoms with van der Waals surface area (Å²) in [5.74, 6) is 1.62. The van der Waals surface area contributed by atoms with Gasteiger partial charge in [-0.05, 0) is 30.4 Å². The third-order valence-electron chi connectivity index (χ3n) is 7.25. The zero-order chi connectivity index (χ0) is 24.5. The molecular weight excluding hydrogens is 460 g/mol. The van der Waals surface area contributed by atoms with E-state index in [1.54, 1.807) is 6.33 Å². The number of benzene rings is 1. The number of nitrogens with two attached hydrogens (primary N) is 1. The normalized spacial score (nSPS) is 25.3. The van der Waals surface area contributed by atoms with E-state index in [1.165, 1.54) is 0 Å². The Morgan fingerprint density at radius 3 is 2.94 bits per heavy atom. The summed E-state index contributed by atoms with van der Waals surface area (Å²) in [5, 5.41) is 6.75. The van der Waals surface area contributed by atoms with Crippen LogP contribution >= 0.6 is 0 Å². The molecular formula is C25H30N8O3. The highest BCUT2D eigenvalue weighted by atomic mass is 16.5. The van der Waals surface area contributed by atoms with Crippen LogP contribution in [-0.4, -0.2) is 76.2 Å². The zero-order valence-corrected chi connectivity index (χ0v) is 19.9. The van der Waals surface area contributed by atoms with E-state index >= 15 is 0 Å². The van der Waals surface area contributed by atoms with Crippen molar-refractivity contribution in [2.45, 2.75) is 12.5 Å². The van der Waals surface area contributed by atoms with E-state index in [9.17, 15) is 4.79 Å². The van der Waals surface area contributed by atoms with Gasteiger partial charge in [0.05, 0.1) is 25.5 Å². The Morgan fingerprint density at radius 1 is 1.22 bits per heavy atom. The molecule has 11 nitrogen and oxygen atoms in total. The Labute approximate surface area is 208 Å². The van der Waals surface area contributed by atoms with Crippen LogP contribution in [-0.2, 0) is 9.53 Å². The molecule has 188 valence electrons. The van der Waals surface area contributed by atoms with E-state index in [0.717, 1.165) is 50.7 Å². The van der Waals surface area contributed by atoms with Gasteiger partial charge in [-0.1, -0.05) is 18.2 Å². The summed E-state index contributed by atoms with van der Waals surface area (Å²) in [6.45, 7) is 4.89. The topological polar surface area (TPSA) is 143 Å². The van der Waals surface area contributed by atoms with Crippen LogP contribution in [0.25, 0.3) is 11.2 Å². The van der Waals surface area contributed by atoms with Gasteiger partial charge >= 0.3 is 0 Å². The van der Waals surface area contributed by atoms with E-state index in [-0.39, 0.29) is 29.7 Å². The number of nitrogens with zero attached hydrogens (tertiary/aromatic N) is 4. The first kappa shape index (κ1) is 22.7. The third kappa shape index (κ3) is 4.59. The van der Waals surface area contributed by atoms with Gasteiger partial charge in [0.25, 0.3) is 0 Å². The lowest BCUT2D eigenvalue weighted by atomic mass is 9.88. The molecule has 3 aromatic rings. The quantitative estimate of drug-likeness (QED) is 0.331. The van der Waals surface area contributed by atoms with Crippen molar-refractivity contribution in [3.05, 3.63) is 42.7 Å². The van der Waals surface area contributed by atoms with Crippen LogP contribution in [0.2, 0.25) is 0 Å². The minimum Gasteiger partial charge on any atom is -0.492 e. The molecule has 36 heavy (non-hydrogen) atoms. The maximum absolute atomic E-state index is 12.2. The number of anilines is 3. The molecule has 1 saturated carbocycles. The van der Waals surface area contributed by atoms with Gasteiger partial charge in [0.15, 0.2) is 11.5 Å². The lowest BCUT2D eigenvalue weighted by Gasteiger charge is -2.27. The molecule has 3 aliphatic rings. The second-order valence-electron chi connectivity index (χ2n) is 9.50. The minimum atomic E-state index is -0.289. The maximum atomic E-state index is 12.2.